The first-order valence-electron chi connectivity index (χ1n) is 5.01. The molecule has 0 spiro atoms. The molecule has 2 aromatic heterocycles. The molecule has 2 aromatic rings. The number of aryl methyl sites for hydroxylation is 1. The molecular weight excluding hydrogens is 286 g/mol. The van der Waals surface area contributed by atoms with Gasteiger partial charge in [0.15, 0.2) is 0 Å². The summed E-state index contributed by atoms with van der Waals surface area (Å²) in [5.41, 5.74) is 1.10. The zero-order valence-corrected chi connectivity index (χ0v) is 11.3. The van der Waals surface area contributed by atoms with Crippen LogP contribution in [0.3, 0.4) is 0 Å². The van der Waals surface area contributed by atoms with Crippen molar-refractivity contribution in [3.05, 3.63) is 38.9 Å². The van der Waals surface area contributed by atoms with Crippen molar-refractivity contribution in [2.24, 2.45) is 0 Å². The van der Waals surface area contributed by atoms with E-state index in [1.165, 1.54) is 0 Å². The largest absolute Gasteiger partial charge is 0.369 e. The molecule has 0 saturated carbocycles. The van der Waals surface area contributed by atoms with Crippen molar-refractivity contribution in [3.63, 3.8) is 0 Å². The van der Waals surface area contributed by atoms with Crippen LogP contribution in [0.5, 0.6) is 0 Å². The van der Waals surface area contributed by atoms with Gasteiger partial charge in [-0.15, -0.1) is 11.3 Å². The molecule has 2 rings (SSSR count). The molecule has 0 aromatic carbocycles. The highest BCUT2D eigenvalue weighted by Crippen LogP contribution is 2.18. The van der Waals surface area contributed by atoms with Gasteiger partial charge in [-0.25, -0.2) is 9.97 Å². The molecule has 0 unspecified atom stereocenters. The van der Waals surface area contributed by atoms with Crippen molar-refractivity contribution in [1.82, 2.24) is 9.97 Å². The van der Waals surface area contributed by atoms with Crippen LogP contribution in [0.15, 0.2) is 28.2 Å². The van der Waals surface area contributed by atoms with Crippen LogP contribution < -0.4 is 5.32 Å². The molecule has 0 saturated heterocycles. The molecular formula is C11H12BrN3S. The summed E-state index contributed by atoms with van der Waals surface area (Å²) < 4.78 is 0.991. The Morgan fingerprint density at radius 2 is 2.38 bits per heavy atom. The molecule has 1 N–H and O–H groups in total. The number of halogens is 1. The Kier molecular flexibility index (Phi) is 3.90. The first kappa shape index (κ1) is 11.5. The third-order valence-corrected chi connectivity index (χ3v) is 3.72. The molecule has 0 aliphatic carbocycles. The van der Waals surface area contributed by atoms with Gasteiger partial charge in [0.05, 0.1) is 9.48 Å². The van der Waals surface area contributed by atoms with Gasteiger partial charge < -0.3 is 5.32 Å². The number of anilines is 1. The van der Waals surface area contributed by atoms with Crippen LogP contribution in [-0.4, -0.2) is 16.5 Å². The van der Waals surface area contributed by atoms with Crippen molar-refractivity contribution >= 4 is 33.1 Å². The number of nitrogens with zero attached hydrogens (tertiary/aromatic N) is 2. The van der Waals surface area contributed by atoms with E-state index >= 15 is 0 Å². The zero-order chi connectivity index (χ0) is 11.4. The summed E-state index contributed by atoms with van der Waals surface area (Å²) >= 11 is 5.15. The Balaban J connectivity index is 1.87. The zero-order valence-electron chi connectivity index (χ0n) is 8.90. The molecule has 0 amide bonds. The van der Waals surface area contributed by atoms with Gasteiger partial charge in [-0.1, -0.05) is 0 Å². The monoisotopic (exact) mass is 297 g/mol. The lowest BCUT2D eigenvalue weighted by molar-refractivity contribution is 0.976. The maximum absolute atomic E-state index is 4.41. The third-order valence-electron chi connectivity index (χ3n) is 2.06. The Bertz CT molecular complexity index is 470. The maximum atomic E-state index is 4.41. The van der Waals surface area contributed by atoms with E-state index in [-0.39, 0.29) is 0 Å². The minimum Gasteiger partial charge on any atom is -0.369 e. The Hall–Kier alpha value is -0.940. The average Bonchev–Trinajstić information content (AvgIpc) is 2.67. The van der Waals surface area contributed by atoms with Crippen LogP contribution in [0.2, 0.25) is 0 Å². The summed E-state index contributed by atoms with van der Waals surface area (Å²) in [6.07, 6.45) is 2.71. The molecule has 0 aliphatic heterocycles. The molecule has 5 heteroatoms. The molecule has 0 radical (unpaired) electrons. The van der Waals surface area contributed by atoms with Gasteiger partial charge in [0.2, 0.25) is 0 Å². The summed E-state index contributed by atoms with van der Waals surface area (Å²) in [6, 6.07) is 3.88. The number of nitrogens with one attached hydrogen (secondary N) is 1. The van der Waals surface area contributed by atoms with E-state index in [1.54, 1.807) is 17.5 Å². The fourth-order valence-corrected chi connectivity index (χ4v) is 2.49. The highest BCUT2D eigenvalue weighted by atomic mass is 79.9. The minimum atomic E-state index is 0.850. The van der Waals surface area contributed by atoms with Gasteiger partial charge in [0.25, 0.3) is 0 Å². The van der Waals surface area contributed by atoms with Crippen molar-refractivity contribution in [3.8, 4) is 0 Å². The van der Waals surface area contributed by atoms with Crippen molar-refractivity contribution < 1.29 is 0 Å². The lowest BCUT2D eigenvalue weighted by Gasteiger charge is -2.05. The molecule has 2 heterocycles. The van der Waals surface area contributed by atoms with Crippen LogP contribution in [0, 0.1) is 6.92 Å². The molecule has 3 nitrogen and oxygen atoms in total. The van der Waals surface area contributed by atoms with Gasteiger partial charge in [-0.05, 0) is 35.0 Å². The Morgan fingerprint density at radius 1 is 1.50 bits per heavy atom. The number of hydrogen-bond acceptors (Lipinski definition) is 4. The first-order valence-corrected chi connectivity index (χ1v) is 6.68. The topological polar surface area (TPSA) is 37.8 Å². The molecule has 0 aliphatic rings. The maximum Gasteiger partial charge on any atom is 0.140 e. The first-order chi connectivity index (χ1) is 7.75. The highest BCUT2D eigenvalue weighted by molar-refractivity contribution is 9.10. The molecule has 84 valence electrons. The van der Waals surface area contributed by atoms with Crippen molar-refractivity contribution in [2.75, 3.05) is 11.9 Å². The lowest BCUT2D eigenvalue weighted by atomic mass is 10.4. The molecule has 16 heavy (non-hydrogen) atoms. The predicted molar refractivity (Wildman–Crippen MR) is 71.0 cm³/mol. The summed E-state index contributed by atoms with van der Waals surface area (Å²) in [5, 5.41) is 6.52. The summed E-state index contributed by atoms with van der Waals surface area (Å²) in [5.74, 6) is 0.885. The normalized spacial score (nSPS) is 10.4. The van der Waals surface area contributed by atoms with Crippen molar-refractivity contribution in [1.29, 1.82) is 0 Å². The van der Waals surface area contributed by atoms with E-state index in [2.05, 4.69) is 36.6 Å². The van der Waals surface area contributed by atoms with Crippen LogP contribution in [0.4, 0.5) is 5.82 Å². The summed E-state index contributed by atoms with van der Waals surface area (Å²) in [4.78, 5) is 8.65. The van der Waals surface area contributed by atoms with Crippen LogP contribution >= 0.6 is 27.3 Å². The van der Waals surface area contributed by atoms with Gasteiger partial charge in [0.1, 0.15) is 5.82 Å². The fourth-order valence-electron chi connectivity index (χ4n) is 1.32. The van der Waals surface area contributed by atoms with Gasteiger partial charge in [-0.3, -0.25) is 0 Å². The number of thiazole rings is 1. The molecule has 0 fully saturated rings. The van der Waals surface area contributed by atoms with Crippen LogP contribution in [0.25, 0.3) is 0 Å². The van der Waals surface area contributed by atoms with E-state index in [0.29, 0.717) is 0 Å². The minimum absolute atomic E-state index is 0.850. The van der Waals surface area contributed by atoms with Crippen LogP contribution in [-0.2, 0) is 6.42 Å². The lowest BCUT2D eigenvalue weighted by Crippen LogP contribution is -2.06. The second kappa shape index (κ2) is 5.41. The van der Waals surface area contributed by atoms with E-state index in [4.69, 9.17) is 0 Å². The smallest absolute Gasteiger partial charge is 0.140 e. The van der Waals surface area contributed by atoms with E-state index in [1.807, 2.05) is 19.1 Å². The van der Waals surface area contributed by atoms with Crippen LogP contribution in [0.1, 0.15) is 10.7 Å². The third kappa shape index (κ3) is 3.02. The van der Waals surface area contributed by atoms with Gasteiger partial charge >= 0.3 is 0 Å². The second-order valence-electron chi connectivity index (χ2n) is 3.39. The Morgan fingerprint density at radius 3 is 3.06 bits per heavy atom. The summed E-state index contributed by atoms with van der Waals surface area (Å²) in [7, 11) is 0. The summed E-state index contributed by atoms with van der Waals surface area (Å²) in [6.45, 7) is 2.87. The molecule has 0 bridgehead atoms. The molecule has 0 atom stereocenters. The van der Waals surface area contributed by atoms with E-state index in [9.17, 15) is 0 Å². The average molecular weight is 298 g/mol. The fraction of sp³-hybridized carbons (Fsp3) is 0.273. The number of aromatic nitrogens is 2. The quantitative estimate of drug-likeness (QED) is 0.941. The van der Waals surface area contributed by atoms with E-state index < -0.39 is 0 Å². The number of hydrogen-bond donors (Lipinski definition) is 1. The van der Waals surface area contributed by atoms with Gasteiger partial charge in [-0.2, -0.15) is 0 Å². The van der Waals surface area contributed by atoms with E-state index in [0.717, 1.165) is 34.0 Å². The second-order valence-corrected chi connectivity index (χ2v) is 5.19. The Labute approximate surface area is 107 Å². The van der Waals surface area contributed by atoms with Gasteiger partial charge in [0, 0.05) is 30.2 Å². The highest BCUT2D eigenvalue weighted by Gasteiger charge is 2.01. The predicted octanol–water partition coefficient (Wildman–Crippen LogP) is 3.26. The number of rotatable bonds is 4. The number of pyridine rings is 1. The standard InChI is InChI=1S/C11H12BrN3S/c1-8-7-16-10(15-8)4-6-14-11-9(12)3-2-5-13-11/h2-3,5,7H,4,6H2,1H3,(H,13,14). The van der Waals surface area contributed by atoms with Crippen molar-refractivity contribution in [2.45, 2.75) is 13.3 Å². The SMILES string of the molecule is Cc1csc(CCNc2ncccc2Br)n1.